The Balaban J connectivity index is 1.87. The fourth-order valence-corrected chi connectivity index (χ4v) is 4.24. The normalized spacial score (nSPS) is 11.5. The summed E-state index contributed by atoms with van der Waals surface area (Å²) in [5, 5.41) is 1.98. The molecule has 31 heavy (non-hydrogen) atoms. The molecule has 0 unspecified atom stereocenters. The van der Waals surface area contributed by atoms with Crippen molar-refractivity contribution in [2.24, 2.45) is 0 Å². The lowest BCUT2D eigenvalue weighted by Gasteiger charge is -2.16. The molecule has 1 aromatic heterocycles. The molecule has 0 aliphatic carbocycles. The number of thiophene rings is 1. The Labute approximate surface area is 186 Å². The van der Waals surface area contributed by atoms with Crippen LogP contribution < -0.4 is 13.8 Å². The highest BCUT2D eigenvalue weighted by Crippen LogP contribution is 2.41. The van der Waals surface area contributed by atoms with Crippen LogP contribution in [0.15, 0.2) is 60.0 Å². The van der Waals surface area contributed by atoms with Crippen molar-refractivity contribution in [2.45, 2.75) is 0 Å². The van der Waals surface area contributed by atoms with Crippen LogP contribution in [0.1, 0.15) is 15.9 Å². The number of allylic oxidation sites excluding steroid dienone is 1. The first-order valence-electron chi connectivity index (χ1n) is 9.31. The van der Waals surface area contributed by atoms with E-state index in [0.717, 1.165) is 26.6 Å². The molecule has 0 bridgehead atoms. The minimum Gasteiger partial charge on any atom is -0.493 e. The van der Waals surface area contributed by atoms with Gasteiger partial charge in [0.25, 0.3) is 0 Å². The Morgan fingerprint density at radius 2 is 1.77 bits per heavy atom. The second kappa shape index (κ2) is 9.36. The molecular weight excluding hydrogens is 434 g/mol. The third kappa shape index (κ3) is 5.15. The molecule has 0 N–H and O–H groups in total. The van der Waals surface area contributed by atoms with Gasteiger partial charge in [-0.05, 0) is 59.5 Å². The molecule has 0 fully saturated rings. The van der Waals surface area contributed by atoms with E-state index in [1.807, 2.05) is 29.6 Å². The molecule has 8 heteroatoms. The molecule has 0 saturated carbocycles. The zero-order chi connectivity index (χ0) is 22.6. The lowest BCUT2D eigenvalue weighted by molar-refractivity contribution is 0.104. The number of ether oxygens (including phenoxy) is 2. The van der Waals surface area contributed by atoms with Crippen molar-refractivity contribution in [1.82, 2.24) is 0 Å². The van der Waals surface area contributed by atoms with E-state index in [9.17, 15) is 13.2 Å². The number of anilines is 1. The van der Waals surface area contributed by atoms with E-state index in [4.69, 9.17) is 9.47 Å². The first-order chi connectivity index (χ1) is 14.7. The largest absolute Gasteiger partial charge is 0.493 e. The average molecular weight is 458 g/mol. The van der Waals surface area contributed by atoms with Gasteiger partial charge in [-0.1, -0.05) is 12.1 Å². The average Bonchev–Trinajstić information content (AvgIpc) is 3.30. The molecule has 3 aromatic rings. The zero-order valence-corrected chi connectivity index (χ0v) is 19.3. The Morgan fingerprint density at radius 1 is 1.06 bits per heavy atom. The van der Waals surface area contributed by atoms with Gasteiger partial charge < -0.3 is 9.47 Å². The van der Waals surface area contributed by atoms with Crippen LogP contribution in [0.2, 0.25) is 0 Å². The number of sulfonamides is 1. The van der Waals surface area contributed by atoms with E-state index in [1.165, 1.54) is 13.1 Å². The number of hydrogen-bond acceptors (Lipinski definition) is 6. The lowest BCUT2D eigenvalue weighted by atomic mass is 10.0. The molecule has 0 radical (unpaired) electrons. The second-order valence-corrected chi connectivity index (χ2v) is 9.72. The summed E-state index contributed by atoms with van der Waals surface area (Å²) >= 11 is 1.59. The molecule has 1 heterocycles. The van der Waals surface area contributed by atoms with Crippen molar-refractivity contribution in [1.29, 1.82) is 0 Å². The summed E-state index contributed by atoms with van der Waals surface area (Å²) in [7, 11) is 1.28. The highest BCUT2D eigenvalue weighted by Gasteiger charge is 2.15. The number of nitrogens with zero attached hydrogens (tertiary/aromatic N) is 1. The number of carbonyl (C=O) groups excluding carboxylic acids is 1. The minimum atomic E-state index is -3.36. The highest BCUT2D eigenvalue weighted by atomic mass is 32.2. The van der Waals surface area contributed by atoms with Gasteiger partial charge in [-0.25, -0.2) is 8.42 Å². The first kappa shape index (κ1) is 22.6. The smallest absolute Gasteiger partial charge is 0.231 e. The molecule has 0 aliphatic heterocycles. The molecule has 0 aliphatic rings. The van der Waals surface area contributed by atoms with Gasteiger partial charge in [-0.15, -0.1) is 11.3 Å². The molecule has 0 saturated heterocycles. The minimum absolute atomic E-state index is 0.194. The maximum Gasteiger partial charge on any atom is 0.231 e. The van der Waals surface area contributed by atoms with E-state index in [-0.39, 0.29) is 5.78 Å². The number of ketones is 1. The Kier molecular flexibility index (Phi) is 6.82. The number of rotatable bonds is 8. The molecule has 6 nitrogen and oxygen atoms in total. The van der Waals surface area contributed by atoms with Crippen LogP contribution in [-0.2, 0) is 10.0 Å². The Hall–Kier alpha value is -3.10. The molecular formula is C23H23NO5S2. The van der Waals surface area contributed by atoms with Gasteiger partial charge in [0.1, 0.15) is 0 Å². The summed E-state index contributed by atoms with van der Waals surface area (Å²) < 4.78 is 35.5. The summed E-state index contributed by atoms with van der Waals surface area (Å²) in [5.74, 6) is 1.02. The maximum atomic E-state index is 12.6. The monoisotopic (exact) mass is 457 g/mol. The van der Waals surface area contributed by atoms with Crippen molar-refractivity contribution in [3.63, 3.8) is 0 Å². The first-order valence-corrected chi connectivity index (χ1v) is 12.0. The number of carbonyl (C=O) groups is 1. The Morgan fingerprint density at radius 3 is 2.32 bits per heavy atom. The van der Waals surface area contributed by atoms with E-state index >= 15 is 0 Å². The SMILES string of the molecule is COc1cc(C=CC(=O)c2ccc(N(C)S(C)(=O)=O)cc2)cc(-c2cccs2)c1OC. The predicted octanol–water partition coefficient (Wildman–Crippen LogP) is 4.72. The van der Waals surface area contributed by atoms with Crippen LogP contribution >= 0.6 is 11.3 Å². The third-order valence-corrected chi connectivity index (χ3v) is 6.84. The third-order valence-electron chi connectivity index (χ3n) is 4.73. The zero-order valence-electron chi connectivity index (χ0n) is 17.7. The van der Waals surface area contributed by atoms with Gasteiger partial charge in [0.2, 0.25) is 10.0 Å². The molecule has 162 valence electrons. The highest BCUT2D eigenvalue weighted by molar-refractivity contribution is 7.92. The van der Waals surface area contributed by atoms with Crippen molar-refractivity contribution in [2.75, 3.05) is 31.8 Å². The van der Waals surface area contributed by atoms with Gasteiger partial charge in [0.05, 0.1) is 26.2 Å². The molecule has 0 spiro atoms. The van der Waals surface area contributed by atoms with E-state index in [0.29, 0.717) is 22.7 Å². The molecule has 0 atom stereocenters. The van der Waals surface area contributed by atoms with Crippen LogP contribution in [0.5, 0.6) is 11.5 Å². The molecule has 2 aromatic carbocycles. The van der Waals surface area contributed by atoms with Crippen molar-refractivity contribution < 1.29 is 22.7 Å². The van der Waals surface area contributed by atoms with Crippen LogP contribution in [0.3, 0.4) is 0 Å². The van der Waals surface area contributed by atoms with E-state index < -0.39 is 10.0 Å². The fourth-order valence-electron chi connectivity index (χ4n) is 2.99. The number of benzene rings is 2. The molecule has 0 amide bonds. The Bertz CT molecular complexity index is 1200. The summed E-state index contributed by atoms with van der Waals surface area (Å²) in [6.45, 7) is 0. The van der Waals surface area contributed by atoms with Crippen molar-refractivity contribution in [3.8, 4) is 21.9 Å². The van der Waals surface area contributed by atoms with Gasteiger partial charge in [-0.3, -0.25) is 9.10 Å². The summed E-state index contributed by atoms with van der Waals surface area (Å²) in [6.07, 6.45) is 4.33. The van der Waals surface area contributed by atoms with Gasteiger partial charge >= 0.3 is 0 Å². The standard InChI is InChI=1S/C23H23NO5S2/c1-24(31(4,26)27)18-10-8-17(9-11-18)20(25)12-7-16-14-19(22-6-5-13-30-22)23(29-3)21(15-16)28-2/h5-15H,1-4H3. The van der Waals surface area contributed by atoms with Crippen LogP contribution in [0.25, 0.3) is 16.5 Å². The lowest BCUT2D eigenvalue weighted by Crippen LogP contribution is -2.24. The second-order valence-electron chi connectivity index (χ2n) is 6.76. The van der Waals surface area contributed by atoms with Gasteiger partial charge in [-0.2, -0.15) is 0 Å². The summed E-state index contributed by atoms with van der Waals surface area (Å²) in [5.41, 5.74) is 2.63. The predicted molar refractivity (Wildman–Crippen MR) is 126 cm³/mol. The van der Waals surface area contributed by atoms with E-state index in [1.54, 1.807) is 55.9 Å². The molecule has 3 rings (SSSR count). The van der Waals surface area contributed by atoms with Gasteiger partial charge in [0, 0.05) is 23.1 Å². The van der Waals surface area contributed by atoms with Crippen LogP contribution in [0, 0.1) is 0 Å². The van der Waals surface area contributed by atoms with Crippen molar-refractivity contribution in [3.05, 3.63) is 71.1 Å². The quantitative estimate of drug-likeness (QED) is 0.361. The fraction of sp³-hybridized carbons (Fsp3) is 0.174. The number of hydrogen-bond donors (Lipinski definition) is 0. The van der Waals surface area contributed by atoms with E-state index in [2.05, 4.69) is 0 Å². The summed E-state index contributed by atoms with van der Waals surface area (Å²) in [6, 6.07) is 14.1. The number of methoxy groups -OCH3 is 2. The topological polar surface area (TPSA) is 72.9 Å². The van der Waals surface area contributed by atoms with Crippen LogP contribution in [-0.4, -0.2) is 41.7 Å². The van der Waals surface area contributed by atoms with Crippen molar-refractivity contribution >= 4 is 38.9 Å². The van der Waals surface area contributed by atoms with Crippen LogP contribution in [0.4, 0.5) is 5.69 Å². The van der Waals surface area contributed by atoms with Gasteiger partial charge in [0.15, 0.2) is 17.3 Å². The summed E-state index contributed by atoms with van der Waals surface area (Å²) in [4.78, 5) is 13.6. The maximum absolute atomic E-state index is 12.6.